The molecule has 0 fully saturated rings. The molecule has 0 aliphatic carbocycles. The van der Waals surface area contributed by atoms with Crippen molar-refractivity contribution in [1.29, 1.82) is 0 Å². The molecule has 2 rings (SSSR count). The predicted molar refractivity (Wildman–Crippen MR) is 68.3 cm³/mol. The Morgan fingerprint density at radius 2 is 1.65 bits per heavy atom. The van der Waals surface area contributed by atoms with Gasteiger partial charge in [-0.3, -0.25) is 0 Å². The Hall–Kier alpha value is -1.62. The standard InChI is InChI=1S/C12H11BrN2O2/c1-16-11-4-10(13)12(17-2)3-9(11)8-5-14-7-15-6-8/h3-7H,1-2H3. The maximum atomic E-state index is 5.34. The normalized spacial score (nSPS) is 10.1. The molecule has 1 heterocycles. The number of hydrogen-bond donors (Lipinski definition) is 0. The molecule has 0 N–H and O–H groups in total. The Morgan fingerprint density at radius 3 is 2.24 bits per heavy atom. The molecule has 17 heavy (non-hydrogen) atoms. The average molecular weight is 295 g/mol. The summed E-state index contributed by atoms with van der Waals surface area (Å²) >= 11 is 3.42. The SMILES string of the molecule is COc1cc(-c2cncnc2)c(OC)cc1Br. The monoisotopic (exact) mass is 294 g/mol. The number of aromatic nitrogens is 2. The van der Waals surface area contributed by atoms with Gasteiger partial charge in [0.1, 0.15) is 17.8 Å². The van der Waals surface area contributed by atoms with Crippen LogP contribution in [-0.4, -0.2) is 24.2 Å². The number of halogens is 1. The third-order valence-electron chi connectivity index (χ3n) is 2.35. The van der Waals surface area contributed by atoms with E-state index in [1.165, 1.54) is 6.33 Å². The van der Waals surface area contributed by atoms with E-state index < -0.39 is 0 Å². The summed E-state index contributed by atoms with van der Waals surface area (Å²) in [6.07, 6.45) is 4.96. The van der Waals surface area contributed by atoms with Gasteiger partial charge in [0.25, 0.3) is 0 Å². The van der Waals surface area contributed by atoms with Gasteiger partial charge in [0.2, 0.25) is 0 Å². The zero-order valence-electron chi connectivity index (χ0n) is 9.48. The molecule has 0 atom stereocenters. The Morgan fingerprint density at radius 1 is 1.00 bits per heavy atom. The number of hydrogen-bond acceptors (Lipinski definition) is 4. The second-order valence-electron chi connectivity index (χ2n) is 3.31. The van der Waals surface area contributed by atoms with Crippen LogP contribution in [0.2, 0.25) is 0 Å². The average Bonchev–Trinajstić information content (AvgIpc) is 2.39. The molecule has 0 aliphatic heterocycles. The first-order valence-corrected chi connectivity index (χ1v) is 5.72. The van der Waals surface area contributed by atoms with E-state index in [-0.39, 0.29) is 0 Å². The van der Waals surface area contributed by atoms with Crippen molar-refractivity contribution in [2.24, 2.45) is 0 Å². The Kier molecular flexibility index (Phi) is 3.58. The van der Waals surface area contributed by atoms with E-state index in [1.54, 1.807) is 26.6 Å². The van der Waals surface area contributed by atoms with Gasteiger partial charge in [-0.25, -0.2) is 9.97 Å². The van der Waals surface area contributed by atoms with Crippen LogP contribution >= 0.6 is 15.9 Å². The van der Waals surface area contributed by atoms with Crippen molar-refractivity contribution in [3.63, 3.8) is 0 Å². The molecule has 0 amide bonds. The van der Waals surface area contributed by atoms with Crippen LogP contribution in [-0.2, 0) is 0 Å². The number of ether oxygens (including phenoxy) is 2. The fraction of sp³-hybridized carbons (Fsp3) is 0.167. The van der Waals surface area contributed by atoms with E-state index in [1.807, 2.05) is 12.1 Å². The van der Waals surface area contributed by atoms with Crippen LogP contribution in [0.3, 0.4) is 0 Å². The summed E-state index contributed by atoms with van der Waals surface area (Å²) in [4.78, 5) is 7.99. The second kappa shape index (κ2) is 5.14. The molecule has 0 radical (unpaired) electrons. The fourth-order valence-electron chi connectivity index (χ4n) is 1.52. The lowest BCUT2D eigenvalue weighted by molar-refractivity contribution is 0.402. The summed E-state index contributed by atoms with van der Waals surface area (Å²) in [5, 5.41) is 0. The van der Waals surface area contributed by atoms with Crippen LogP contribution in [0, 0.1) is 0 Å². The summed E-state index contributed by atoms with van der Waals surface area (Å²) < 4.78 is 11.4. The van der Waals surface area contributed by atoms with E-state index in [9.17, 15) is 0 Å². The van der Waals surface area contributed by atoms with E-state index in [0.29, 0.717) is 0 Å². The molecule has 0 bridgehead atoms. The maximum absolute atomic E-state index is 5.34. The summed E-state index contributed by atoms with van der Waals surface area (Å²) in [6.45, 7) is 0. The lowest BCUT2D eigenvalue weighted by Crippen LogP contribution is -1.92. The van der Waals surface area contributed by atoms with Crippen LogP contribution in [0.4, 0.5) is 0 Å². The molecule has 0 unspecified atom stereocenters. The second-order valence-corrected chi connectivity index (χ2v) is 4.17. The number of rotatable bonds is 3. The van der Waals surface area contributed by atoms with E-state index in [4.69, 9.17) is 9.47 Å². The first-order valence-electron chi connectivity index (χ1n) is 4.93. The summed E-state index contributed by atoms with van der Waals surface area (Å²) in [7, 11) is 3.25. The van der Waals surface area contributed by atoms with Gasteiger partial charge in [-0.2, -0.15) is 0 Å². The first kappa shape index (κ1) is 11.9. The third-order valence-corrected chi connectivity index (χ3v) is 2.97. The van der Waals surface area contributed by atoms with Gasteiger partial charge >= 0.3 is 0 Å². The summed E-state index contributed by atoms with van der Waals surface area (Å²) in [5.74, 6) is 1.48. The van der Waals surface area contributed by atoms with Crippen LogP contribution < -0.4 is 9.47 Å². The van der Waals surface area contributed by atoms with Crippen LogP contribution in [0.1, 0.15) is 0 Å². The van der Waals surface area contributed by atoms with Crippen molar-refractivity contribution in [1.82, 2.24) is 9.97 Å². The molecule has 0 aliphatic rings. The molecular weight excluding hydrogens is 284 g/mol. The van der Waals surface area contributed by atoms with Crippen LogP contribution in [0.25, 0.3) is 11.1 Å². The summed E-state index contributed by atoms with van der Waals surface area (Å²) in [6, 6.07) is 3.75. The zero-order chi connectivity index (χ0) is 12.3. The molecule has 4 nitrogen and oxygen atoms in total. The fourth-order valence-corrected chi connectivity index (χ4v) is 2.01. The third kappa shape index (κ3) is 2.39. The Labute approximate surface area is 108 Å². The van der Waals surface area contributed by atoms with Gasteiger partial charge in [0, 0.05) is 23.5 Å². The van der Waals surface area contributed by atoms with Gasteiger partial charge in [0.05, 0.1) is 18.7 Å². The van der Waals surface area contributed by atoms with Gasteiger partial charge in [-0.15, -0.1) is 0 Å². The zero-order valence-corrected chi connectivity index (χ0v) is 11.1. The number of nitrogens with zero attached hydrogens (tertiary/aromatic N) is 2. The first-order chi connectivity index (χ1) is 8.26. The van der Waals surface area contributed by atoms with Gasteiger partial charge < -0.3 is 9.47 Å². The molecule has 0 saturated heterocycles. The molecule has 0 spiro atoms. The lowest BCUT2D eigenvalue weighted by atomic mass is 10.1. The number of benzene rings is 1. The molecule has 1 aromatic carbocycles. The minimum Gasteiger partial charge on any atom is -0.496 e. The van der Waals surface area contributed by atoms with Gasteiger partial charge in [-0.05, 0) is 28.1 Å². The van der Waals surface area contributed by atoms with Crippen molar-refractivity contribution in [2.45, 2.75) is 0 Å². The molecular formula is C12H11BrN2O2. The number of methoxy groups -OCH3 is 2. The van der Waals surface area contributed by atoms with Crippen molar-refractivity contribution < 1.29 is 9.47 Å². The Balaban J connectivity index is 2.59. The predicted octanol–water partition coefficient (Wildman–Crippen LogP) is 2.92. The quantitative estimate of drug-likeness (QED) is 0.873. The van der Waals surface area contributed by atoms with Crippen molar-refractivity contribution >= 4 is 15.9 Å². The van der Waals surface area contributed by atoms with Gasteiger partial charge in [-0.1, -0.05) is 0 Å². The topological polar surface area (TPSA) is 44.2 Å². The van der Waals surface area contributed by atoms with Crippen molar-refractivity contribution in [3.05, 3.63) is 35.3 Å². The molecule has 1 aromatic heterocycles. The highest BCUT2D eigenvalue weighted by Crippen LogP contribution is 2.37. The van der Waals surface area contributed by atoms with Crippen molar-refractivity contribution in [2.75, 3.05) is 14.2 Å². The highest BCUT2D eigenvalue weighted by molar-refractivity contribution is 9.10. The molecule has 0 saturated carbocycles. The molecule has 88 valence electrons. The van der Waals surface area contributed by atoms with Crippen LogP contribution in [0.5, 0.6) is 11.5 Å². The summed E-state index contributed by atoms with van der Waals surface area (Å²) in [5.41, 5.74) is 1.78. The lowest BCUT2D eigenvalue weighted by Gasteiger charge is -2.11. The minimum absolute atomic E-state index is 0.740. The highest BCUT2D eigenvalue weighted by atomic mass is 79.9. The Bertz CT molecular complexity index is 517. The van der Waals surface area contributed by atoms with Crippen molar-refractivity contribution in [3.8, 4) is 22.6 Å². The maximum Gasteiger partial charge on any atom is 0.133 e. The smallest absolute Gasteiger partial charge is 0.133 e. The minimum atomic E-state index is 0.740. The largest absolute Gasteiger partial charge is 0.496 e. The highest BCUT2D eigenvalue weighted by Gasteiger charge is 2.11. The molecule has 2 aromatic rings. The van der Waals surface area contributed by atoms with E-state index in [2.05, 4.69) is 25.9 Å². The van der Waals surface area contributed by atoms with E-state index >= 15 is 0 Å². The molecule has 5 heteroatoms. The van der Waals surface area contributed by atoms with Crippen LogP contribution in [0.15, 0.2) is 35.3 Å². The van der Waals surface area contributed by atoms with Gasteiger partial charge in [0.15, 0.2) is 0 Å². The van der Waals surface area contributed by atoms with E-state index in [0.717, 1.165) is 27.1 Å².